The normalized spacial score (nSPS) is 20.5. The fraction of sp³-hybridized carbons (Fsp3) is 0.250. The van der Waals surface area contributed by atoms with Gasteiger partial charge in [-0.05, 0) is 23.8 Å². The van der Waals surface area contributed by atoms with E-state index < -0.39 is 35.8 Å². The Morgan fingerprint density at radius 3 is 2.86 bits per heavy atom. The molecule has 0 unspecified atom stereocenters. The Hall–Kier alpha value is -3.42. The van der Waals surface area contributed by atoms with Gasteiger partial charge in [-0.1, -0.05) is 30.3 Å². The van der Waals surface area contributed by atoms with E-state index in [0.29, 0.717) is 16.9 Å². The Labute approximate surface area is 160 Å². The van der Waals surface area contributed by atoms with Crippen LogP contribution < -0.4 is 10.1 Å². The lowest BCUT2D eigenvalue weighted by Crippen LogP contribution is -2.47. The number of nitrogens with zero attached hydrogens (tertiary/aromatic N) is 1. The van der Waals surface area contributed by atoms with E-state index in [1.54, 1.807) is 30.3 Å². The molecule has 1 saturated heterocycles. The number of benzene rings is 2. The van der Waals surface area contributed by atoms with E-state index in [1.807, 2.05) is 0 Å². The van der Waals surface area contributed by atoms with Gasteiger partial charge in [-0.2, -0.15) is 0 Å². The summed E-state index contributed by atoms with van der Waals surface area (Å²) in [6.45, 7) is -0.409. The summed E-state index contributed by atoms with van der Waals surface area (Å²) >= 11 is 0. The molecule has 8 heteroatoms. The SMILES string of the molecule is O=C(CN1C(=O)N[C@]2(CCOc3ccccc32)C1=O)OCc1cccc(F)c1. The van der Waals surface area contributed by atoms with Crippen molar-refractivity contribution in [2.75, 3.05) is 13.2 Å². The summed E-state index contributed by atoms with van der Waals surface area (Å²) < 4.78 is 23.8. The second kappa shape index (κ2) is 6.95. The fourth-order valence-electron chi connectivity index (χ4n) is 3.48. The Bertz CT molecular complexity index is 963. The number of halogens is 1. The third kappa shape index (κ3) is 3.06. The smallest absolute Gasteiger partial charge is 0.326 e. The molecule has 4 rings (SSSR count). The number of hydrogen-bond donors (Lipinski definition) is 1. The molecule has 0 bridgehead atoms. The number of imide groups is 1. The van der Waals surface area contributed by atoms with Crippen molar-refractivity contribution in [1.82, 2.24) is 10.2 Å². The molecule has 28 heavy (non-hydrogen) atoms. The zero-order valence-corrected chi connectivity index (χ0v) is 14.8. The van der Waals surface area contributed by atoms with Gasteiger partial charge in [-0.15, -0.1) is 0 Å². The van der Waals surface area contributed by atoms with Crippen LogP contribution in [0.25, 0.3) is 0 Å². The van der Waals surface area contributed by atoms with Gasteiger partial charge in [0.2, 0.25) is 0 Å². The van der Waals surface area contributed by atoms with Gasteiger partial charge in [0.25, 0.3) is 5.91 Å². The number of nitrogens with one attached hydrogen (secondary N) is 1. The number of carbonyl (C=O) groups excluding carboxylic acids is 3. The fourth-order valence-corrected chi connectivity index (χ4v) is 3.48. The highest BCUT2D eigenvalue weighted by Crippen LogP contribution is 2.40. The van der Waals surface area contributed by atoms with Crippen LogP contribution >= 0.6 is 0 Å². The highest BCUT2D eigenvalue weighted by atomic mass is 19.1. The molecule has 0 aromatic heterocycles. The molecule has 0 aliphatic carbocycles. The monoisotopic (exact) mass is 384 g/mol. The maximum Gasteiger partial charge on any atom is 0.326 e. The minimum atomic E-state index is -1.24. The van der Waals surface area contributed by atoms with Crippen molar-refractivity contribution in [1.29, 1.82) is 0 Å². The van der Waals surface area contributed by atoms with Gasteiger partial charge in [0.15, 0.2) is 5.54 Å². The van der Waals surface area contributed by atoms with E-state index in [4.69, 9.17) is 9.47 Å². The molecule has 7 nitrogen and oxygen atoms in total. The summed E-state index contributed by atoms with van der Waals surface area (Å²) in [4.78, 5) is 38.5. The average molecular weight is 384 g/mol. The van der Waals surface area contributed by atoms with Crippen LogP contribution in [0.5, 0.6) is 5.75 Å². The van der Waals surface area contributed by atoms with Gasteiger partial charge < -0.3 is 14.8 Å². The van der Waals surface area contributed by atoms with Crippen LogP contribution in [0.15, 0.2) is 48.5 Å². The molecule has 2 heterocycles. The van der Waals surface area contributed by atoms with Gasteiger partial charge in [0.05, 0.1) is 6.61 Å². The van der Waals surface area contributed by atoms with Gasteiger partial charge in [-0.3, -0.25) is 14.5 Å². The summed E-state index contributed by atoms with van der Waals surface area (Å²) in [7, 11) is 0. The van der Waals surface area contributed by atoms with Crippen LogP contribution in [-0.2, 0) is 26.5 Å². The number of hydrogen-bond acceptors (Lipinski definition) is 5. The lowest BCUT2D eigenvalue weighted by atomic mass is 9.84. The number of fused-ring (bicyclic) bond motifs is 2. The summed E-state index contributed by atoms with van der Waals surface area (Å²) in [6.07, 6.45) is 0.267. The minimum Gasteiger partial charge on any atom is -0.493 e. The highest BCUT2D eigenvalue weighted by Gasteiger charge is 2.55. The van der Waals surface area contributed by atoms with Crippen LogP contribution in [0.1, 0.15) is 17.5 Å². The molecular formula is C20H17FN2O5. The third-order valence-electron chi connectivity index (χ3n) is 4.83. The molecule has 2 aromatic carbocycles. The largest absolute Gasteiger partial charge is 0.493 e. The average Bonchev–Trinajstić information content (AvgIpc) is 2.92. The lowest BCUT2D eigenvalue weighted by Gasteiger charge is -2.33. The van der Waals surface area contributed by atoms with Crippen molar-refractivity contribution >= 4 is 17.9 Å². The molecule has 2 aromatic rings. The summed E-state index contributed by atoms with van der Waals surface area (Å²) in [5.41, 5.74) is -0.204. The van der Waals surface area contributed by atoms with E-state index >= 15 is 0 Å². The van der Waals surface area contributed by atoms with Crippen molar-refractivity contribution in [3.8, 4) is 5.75 Å². The molecule has 2 aliphatic rings. The van der Waals surface area contributed by atoms with Crippen LogP contribution in [0, 0.1) is 5.82 Å². The predicted molar refractivity (Wildman–Crippen MR) is 94.7 cm³/mol. The van der Waals surface area contributed by atoms with Crippen molar-refractivity contribution in [2.24, 2.45) is 0 Å². The second-order valence-electron chi connectivity index (χ2n) is 6.61. The Morgan fingerprint density at radius 1 is 1.21 bits per heavy atom. The topological polar surface area (TPSA) is 84.9 Å². The zero-order chi connectivity index (χ0) is 19.7. The Balaban J connectivity index is 1.47. The van der Waals surface area contributed by atoms with Gasteiger partial charge >= 0.3 is 12.0 Å². The zero-order valence-electron chi connectivity index (χ0n) is 14.8. The molecule has 1 fully saturated rings. The van der Waals surface area contributed by atoms with Crippen molar-refractivity contribution in [3.05, 3.63) is 65.5 Å². The first-order valence-corrected chi connectivity index (χ1v) is 8.76. The van der Waals surface area contributed by atoms with E-state index in [9.17, 15) is 18.8 Å². The first kappa shape index (κ1) is 18.0. The van der Waals surface area contributed by atoms with E-state index in [2.05, 4.69) is 5.32 Å². The maximum absolute atomic E-state index is 13.2. The van der Waals surface area contributed by atoms with Crippen molar-refractivity contribution in [2.45, 2.75) is 18.6 Å². The van der Waals surface area contributed by atoms with Crippen LogP contribution in [0.3, 0.4) is 0 Å². The highest BCUT2D eigenvalue weighted by molar-refractivity contribution is 6.09. The third-order valence-corrected chi connectivity index (χ3v) is 4.83. The van der Waals surface area contributed by atoms with Gasteiger partial charge in [0, 0.05) is 12.0 Å². The first-order chi connectivity index (χ1) is 13.5. The molecule has 0 radical (unpaired) electrons. The summed E-state index contributed by atoms with van der Waals surface area (Å²) in [5.74, 6) is -1.19. The lowest BCUT2D eigenvalue weighted by molar-refractivity contribution is -0.149. The quantitative estimate of drug-likeness (QED) is 0.645. The molecule has 1 atom stereocenters. The predicted octanol–water partition coefficient (Wildman–Crippen LogP) is 2.10. The number of rotatable bonds is 4. The summed E-state index contributed by atoms with van der Waals surface area (Å²) in [6, 6.07) is 12.0. The second-order valence-corrected chi connectivity index (χ2v) is 6.61. The number of carbonyl (C=O) groups is 3. The first-order valence-electron chi connectivity index (χ1n) is 8.76. The van der Waals surface area contributed by atoms with Crippen LogP contribution in [0.4, 0.5) is 9.18 Å². The number of amides is 3. The minimum absolute atomic E-state index is 0.151. The number of para-hydroxylation sites is 1. The number of urea groups is 1. The molecule has 3 amide bonds. The molecule has 144 valence electrons. The Morgan fingerprint density at radius 2 is 2.04 bits per heavy atom. The molecular weight excluding hydrogens is 367 g/mol. The molecule has 2 aliphatic heterocycles. The molecule has 0 saturated carbocycles. The van der Waals surface area contributed by atoms with Gasteiger partial charge in [0.1, 0.15) is 24.7 Å². The van der Waals surface area contributed by atoms with Crippen molar-refractivity contribution in [3.63, 3.8) is 0 Å². The van der Waals surface area contributed by atoms with Crippen molar-refractivity contribution < 1.29 is 28.2 Å². The molecule has 1 N–H and O–H groups in total. The number of esters is 1. The summed E-state index contributed by atoms with van der Waals surface area (Å²) in [5, 5.41) is 2.71. The van der Waals surface area contributed by atoms with E-state index in [1.165, 1.54) is 18.2 Å². The standard InChI is InChI=1S/C20H17FN2O5/c21-14-5-3-4-13(10-14)12-28-17(24)11-23-18(25)20(22-19(23)26)8-9-27-16-7-2-1-6-15(16)20/h1-7,10H,8-9,11-12H2,(H,22,26)/t20-/m0/s1. The maximum atomic E-state index is 13.2. The van der Waals surface area contributed by atoms with Crippen LogP contribution in [0.2, 0.25) is 0 Å². The molecule has 1 spiro atoms. The van der Waals surface area contributed by atoms with E-state index in [0.717, 1.165) is 4.90 Å². The van der Waals surface area contributed by atoms with Crippen LogP contribution in [-0.4, -0.2) is 36.0 Å². The number of ether oxygens (including phenoxy) is 2. The van der Waals surface area contributed by atoms with Gasteiger partial charge in [-0.25, -0.2) is 9.18 Å². The Kier molecular flexibility index (Phi) is 4.46. The van der Waals surface area contributed by atoms with E-state index in [-0.39, 0.29) is 19.6 Å².